The van der Waals surface area contributed by atoms with Crippen LogP contribution in [-0.2, 0) is 25.7 Å². The summed E-state index contributed by atoms with van der Waals surface area (Å²) in [6, 6.07) is 14.2. The highest BCUT2D eigenvalue weighted by Crippen LogP contribution is 2.30. The minimum atomic E-state index is -0.760. The minimum absolute atomic E-state index is 0.00855. The van der Waals surface area contributed by atoms with Crippen LogP contribution in [0.15, 0.2) is 52.9 Å². The smallest absolute Gasteiger partial charge is 0.375 e. The predicted octanol–water partition coefficient (Wildman–Crippen LogP) is 3.11. The normalized spacial score (nSPS) is 13.1. The van der Waals surface area contributed by atoms with Crippen molar-refractivity contribution in [3.05, 3.63) is 59.9 Å². The van der Waals surface area contributed by atoms with Crippen molar-refractivity contribution < 1.29 is 28.3 Å². The second kappa shape index (κ2) is 8.38. The number of carbonyl (C=O) groups is 3. The average molecular weight is 408 g/mol. The van der Waals surface area contributed by atoms with Crippen LogP contribution in [0, 0.1) is 0 Å². The van der Waals surface area contributed by atoms with Crippen LogP contribution in [0.5, 0.6) is 0 Å². The number of hydrogen-bond donors (Lipinski definition) is 1. The van der Waals surface area contributed by atoms with Gasteiger partial charge in [0.05, 0.1) is 18.0 Å². The molecule has 0 unspecified atom stereocenters. The zero-order chi connectivity index (χ0) is 21.1. The Morgan fingerprint density at radius 2 is 1.90 bits per heavy atom. The molecule has 1 aliphatic heterocycles. The fourth-order valence-corrected chi connectivity index (χ4v) is 3.34. The predicted molar refractivity (Wildman–Crippen MR) is 109 cm³/mol. The number of furan rings is 1. The van der Waals surface area contributed by atoms with E-state index in [-0.39, 0.29) is 24.8 Å². The van der Waals surface area contributed by atoms with Gasteiger partial charge in [-0.25, -0.2) is 4.79 Å². The molecule has 4 rings (SSSR count). The summed E-state index contributed by atoms with van der Waals surface area (Å²) >= 11 is 0. The van der Waals surface area contributed by atoms with Crippen molar-refractivity contribution in [2.75, 3.05) is 30.0 Å². The van der Waals surface area contributed by atoms with Crippen molar-refractivity contribution in [2.24, 2.45) is 0 Å². The monoisotopic (exact) mass is 408 g/mol. The number of nitrogens with zero attached hydrogens (tertiary/aromatic N) is 1. The van der Waals surface area contributed by atoms with Gasteiger partial charge in [-0.15, -0.1) is 0 Å². The van der Waals surface area contributed by atoms with Crippen LogP contribution < -0.4 is 10.2 Å². The van der Waals surface area contributed by atoms with E-state index in [0.717, 1.165) is 5.39 Å². The van der Waals surface area contributed by atoms with Gasteiger partial charge in [-0.3, -0.25) is 14.5 Å². The molecule has 8 heteroatoms. The van der Waals surface area contributed by atoms with Gasteiger partial charge < -0.3 is 19.2 Å². The van der Waals surface area contributed by atoms with Gasteiger partial charge in [-0.1, -0.05) is 30.3 Å². The third-order valence-corrected chi connectivity index (χ3v) is 4.73. The van der Waals surface area contributed by atoms with E-state index in [1.54, 1.807) is 36.4 Å². The third kappa shape index (κ3) is 3.77. The van der Waals surface area contributed by atoms with Gasteiger partial charge in [0, 0.05) is 17.6 Å². The molecule has 2 heterocycles. The third-order valence-electron chi connectivity index (χ3n) is 4.73. The van der Waals surface area contributed by atoms with Gasteiger partial charge in [0.1, 0.15) is 12.1 Å². The van der Waals surface area contributed by atoms with Crippen LogP contribution in [0.25, 0.3) is 11.0 Å². The van der Waals surface area contributed by atoms with Crippen molar-refractivity contribution in [1.82, 2.24) is 0 Å². The second-order valence-electron chi connectivity index (χ2n) is 6.66. The molecule has 1 aromatic heterocycles. The van der Waals surface area contributed by atoms with Gasteiger partial charge in [0.25, 0.3) is 5.91 Å². The fourth-order valence-electron chi connectivity index (χ4n) is 3.34. The van der Waals surface area contributed by atoms with Crippen molar-refractivity contribution in [3.63, 3.8) is 0 Å². The van der Waals surface area contributed by atoms with Crippen LogP contribution in [0.2, 0.25) is 0 Å². The maximum Gasteiger partial charge on any atom is 0.375 e. The molecule has 0 fully saturated rings. The van der Waals surface area contributed by atoms with Crippen LogP contribution in [-0.4, -0.2) is 37.5 Å². The van der Waals surface area contributed by atoms with E-state index in [1.807, 2.05) is 19.1 Å². The molecule has 1 N–H and O–H groups in total. The molecule has 0 radical (unpaired) electrons. The Morgan fingerprint density at radius 3 is 2.73 bits per heavy atom. The van der Waals surface area contributed by atoms with E-state index >= 15 is 0 Å². The van der Waals surface area contributed by atoms with Crippen LogP contribution in [0.1, 0.15) is 23.0 Å². The number of hydrogen-bond acceptors (Lipinski definition) is 6. The highest BCUT2D eigenvalue weighted by Gasteiger charge is 2.28. The number of fused-ring (bicyclic) bond motifs is 2. The summed E-state index contributed by atoms with van der Waals surface area (Å²) in [6.45, 7) is 1.85. The van der Waals surface area contributed by atoms with E-state index in [1.165, 1.54) is 4.90 Å². The maximum atomic E-state index is 12.7. The van der Waals surface area contributed by atoms with E-state index in [4.69, 9.17) is 13.9 Å². The lowest BCUT2D eigenvalue weighted by molar-refractivity contribution is -0.124. The second-order valence-corrected chi connectivity index (χ2v) is 6.66. The van der Waals surface area contributed by atoms with E-state index in [2.05, 4.69) is 5.32 Å². The van der Waals surface area contributed by atoms with Gasteiger partial charge in [0.2, 0.25) is 11.7 Å². The van der Waals surface area contributed by atoms with Gasteiger partial charge in [-0.05, 0) is 25.1 Å². The Morgan fingerprint density at radius 1 is 1.13 bits per heavy atom. The molecule has 0 spiro atoms. The molecule has 0 atom stereocenters. The van der Waals surface area contributed by atoms with E-state index in [0.29, 0.717) is 29.1 Å². The number of carbonyl (C=O) groups excluding carboxylic acids is 3. The van der Waals surface area contributed by atoms with Crippen LogP contribution in [0.3, 0.4) is 0 Å². The summed E-state index contributed by atoms with van der Waals surface area (Å²) in [7, 11) is 0. The molecule has 30 heavy (non-hydrogen) atoms. The van der Waals surface area contributed by atoms with Crippen molar-refractivity contribution in [1.29, 1.82) is 0 Å². The first-order valence-corrected chi connectivity index (χ1v) is 9.53. The molecule has 154 valence electrons. The standard InChI is InChI=1S/C22H20N2O6/c1-2-28-12-15-14-7-3-6-10-18(14)30-21(15)22(27)29-13-20(26)24-11-19(25)23-16-8-4-5-9-17(16)24/h3-10H,2,11-13H2,1H3,(H,23,25). The van der Waals surface area contributed by atoms with E-state index in [9.17, 15) is 14.4 Å². The first-order valence-electron chi connectivity index (χ1n) is 9.53. The summed E-state index contributed by atoms with van der Waals surface area (Å²) in [5.74, 6) is -1.57. The van der Waals surface area contributed by atoms with E-state index < -0.39 is 18.5 Å². The first-order chi connectivity index (χ1) is 14.6. The summed E-state index contributed by atoms with van der Waals surface area (Å²) in [4.78, 5) is 38.6. The van der Waals surface area contributed by atoms with Gasteiger partial charge in [0.15, 0.2) is 6.61 Å². The van der Waals surface area contributed by atoms with Crippen molar-refractivity contribution in [3.8, 4) is 0 Å². The zero-order valence-corrected chi connectivity index (χ0v) is 16.3. The highest BCUT2D eigenvalue weighted by molar-refractivity contribution is 6.10. The maximum absolute atomic E-state index is 12.7. The molecule has 3 aromatic rings. The number of para-hydroxylation sites is 3. The Balaban J connectivity index is 1.51. The summed E-state index contributed by atoms with van der Waals surface area (Å²) in [5, 5.41) is 3.46. The summed E-state index contributed by atoms with van der Waals surface area (Å²) < 4.78 is 16.4. The van der Waals surface area contributed by atoms with Crippen molar-refractivity contribution in [2.45, 2.75) is 13.5 Å². The first kappa shape index (κ1) is 19.7. The number of nitrogens with one attached hydrogen (secondary N) is 1. The van der Waals surface area contributed by atoms with Gasteiger partial charge in [-0.2, -0.15) is 0 Å². The Labute approximate surface area is 172 Å². The number of anilines is 2. The number of ether oxygens (including phenoxy) is 2. The number of amides is 2. The van der Waals surface area contributed by atoms with Crippen LogP contribution >= 0.6 is 0 Å². The molecule has 1 aliphatic rings. The molecule has 2 aromatic carbocycles. The minimum Gasteiger partial charge on any atom is -0.450 e. The lowest BCUT2D eigenvalue weighted by Gasteiger charge is -2.28. The summed E-state index contributed by atoms with van der Waals surface area (Å²) in [6.07, 6.45) is 0. The van der Waals surface area contributed by atoms with Gasteiger partial charge >= 0.3 is 5.97 Å². The van der Waals surface area contributed by atoms with Crippen LogP contribution in [0.4, 0.5) is 11.4 Å². The molecule has 0 aliphatic carbocycles. The SMILES string of the molecule is CCOCc1c(C(=O)OCC(=O)N2CC(=O)Nc3ccccc32)oc2ccccc12. The lowest BCUT2D eigenvalue weighted by Crippen LogP contribution is -2.44. The highest BCUT2D eigenvalue weighted by atomic mass is 16.5. The zero-order valence-electron chi connectivity index (χ0n) is 16.3. The Hall–Kier alpha value is -3.65. The Kier molecular flexibility index (Phi) is 5.49. The molecule has 0 saturated carbocycles. The average Bonchev–Trinajstić information content (AvgIpc) is 3.13. The Bertz CT molecular complexity index is 1120. The number of esters is 1. The molecule has 2 amide bonds. The molecule has 0 saturated heterocycles. The quantitative estimate of drug-likeness (QED) is 0.630. The van der Waals surface area contributed by atoms with Crippen molar-refractivity contribution >= 4 is 40.1 Å². The number of rotatable bonds is 6. The molecular formula is C22H20N2O6. The number of benzene rings is 2. The largest absolute Gasteiger partial charge is 0.450 e. The molecular weight excluding hydrogens is 388 g/mol. The lowest BCUT2D eigenvalue weighted by atomic mass is 10.1. The molecule has 0 bridgehead atoms. The fraction of sp³-hybridized carbons (Fsp3) is 0.227. The topological polar surface area (TPSA) is 98.1 Å². The molecule has 8 nitrogen and oxygen atoms in total. The summed E-state index contributed by atoms with van der Waals surface area (Å²) in [5.41, 5.74) is 2.20.